The summed E-state index contributed by atoms with van der Waals surface area (Å²) in [5.74, 6) is 0.441. The molecular formula is C21H22N2O2. The first kappa shape index (κ1) is 16.8. The SMILES string of the molecule is COc1ccccc1C(=O)NCc1cc(C)n(-c2ccccc2)c1C. The molecule has 1 amide bonds. The normalized spacial score (nSPS) is 10.5. The first-order chi connectivity index (χ1) is 12.1. The smallest absolute Gasteiger partial charge is 0.255 e. The van der Waals surface area contributed by atoms with Crippen LogP contribution in [0.1, 0.15) is 27.3 Å². The third-order valence-corrected chi connectivity index (χ3v) is 4.34. The second-order valence-corrected chi connectivity index (χ2v) is 5.95. The molecule has 0 aliphatic heterocycles. The molecule has 0 saturated heterocycles. The Morgan fingerprint density at radius 1 is 1.04 bits per heavy atom. The first-order valence-electron chi connectivity index (χ1n) is 8.26. The molecule has 0 aliphatic rings. The van der Waals surface area contributed by atoms with Gasteiger partial charge in [0.05, 0.1) is 12.7 Å². The van der Waals surface area contributed by atoms with E-state index in [4.69, 9.17) is 4.74 Å². The number of hydrogen-bond acceptors (Lipinski definition) is 2. The van der Waals surface area contributed by atoms with Crippen LogP contribution < -0.4 is 10.1 Å². The highest BCUT2D eigenvalue weighted by Gasteiger charge is 2.14. The van der Waals surface area contributed by atoms with Crippen molar-refractivity contribution in [1.82, 2.24) is 9.88 Å². The fourth-order valence-electron chi connectivity index (χ4n) is 3.09. The average Bonchev–Trinajstić information content (AvgIpc) is 2.93. The number of para-hydroxylation sites is 2. The molecule has 0 atom stereocenters. The summed E-state index contributed by atoms with van der Waals surface area (Å²) in [5.41, 5.74) is 5.04. The fraction of sp³-hybridized carbons (Fsp3) is 0.190. The summed E-state index contributed by atoms with van der Waals surface area (Å²) in [4.78, 5) is 12.5. The zero-order valence-electron chi connectivity index (χ0n) is 14.7. The van der Waals surface area contributed by atoms with E-state index in [1.165, 1.54) is 0 Å². The molecule has 4 nitrogen and oxygen atoms in total. The van der Waals surface area contributed by atoms with Crippen molar-refractivity contribution in [3.63, 3.8) is 0 Å². The van der Waals surface area contributed by atoms with Gasteiger partial charge in [-0.1, -0.05) is 30.3 Å². The highest BCUT2D eigenvalue weighted by Crippen LogP contribution is 2.21. The lowest BCUT2D eigenvalue weighted by molar-refractivity contribution is 0.0948. The summed E-state index contributed by atoms with van der Waals surface area (Å²) >= 11 is 0. The highest BCUT2D eigenvalue weighted by atomic mass is 16.5. The number of benzene rings is 2. The summed E-state index contributed by atoms with van der Waals surface area (Å²) in [6.45, 7) is 4.62. The Morgan fingerprint density at radius 3 is 2.44 bits per heavy atom. The molecule has 3 aromatic rings. The minimum absolute atomic E-state index is 0.137. The molecule has 1 N–H and O–H groups in total. The summed E-state index contributed by atoms with van der Waals surface area (Å²) in [6, 6.07) is 19.6. The number of nitrogens with one attached hydrogen (secondary N) is 1. The molecule has 3 rings (SSSR count). The van der Waals surface area contributed by atoms with Crippen molar-refractivity contribution in [1.29, 1.82) is 0 Å². The van der Waals surface area contributed by atoms with Gasteiger partial charge in [0, 0.05) is 23.6 Å². The predicted molar refractivity (Wildman–Crippen MR) is 99.4 cm³/mol. The van der Waals surface area contributed by atoms with Crippen molar-refractivity contribution < 1.29 is 9.53 Å². The van der Waals surface area contributed by atoms with E-state index < -0.39 is 0 Å². The van der Waals surface area contributed by atoms with Crippen LogP contribution in [0.15, 0.2) is 60.7 Å². The van der Waals surface area contributed by atoms with E-state index in [9.17, 15) is 4.79 Å². The number of rotatable bonds is 5. The summed E-state index contributed by atoms with van der Waals surface area (Å²) in [7, 11) is 1.57. The number of aromatic nitrogens is 1. The standard InChI is InChI=1S/C21H22N2O2/c1-15-13-17(16(2)23(15)18-9-5-4-6-10-18)14-22-21(24)19-11-7-8-12-20(19)25-3/h4-13H,14H2,1-3H3,(H,22,24). The number of carbonyl (C=O) groups excluding carboxylic acids is 1. The molecule has 4 heteroatoms. The number of amides is 1. The fourth-order valence-corrected chi connectivity index (χ4v) is 3.09. The first-order valence-corrected chi connectivity index (χ1v) is 8.26. The predicted octanol–water partition coefficient (Wildman–Crippen LogP) is 4.03. The quantitative estimate of drug-likeness (QED) is 0.765. The van der Waals surface area contributed by atoms with E-state index in [2.05, 4.69) is 41.9 Å². The third-order valence-electron chi connectivity index (χ3n) is 4.34. The maximum atomic E-state index is 12.5. The molecule has 0 bridgehead atoms. The van der Waals surface area contributed by atoms with Gasteiger partial charge in [-0.15, -0.1) is 0 Å². The largest absolute Gasteiger partial charge is 0.496 e. The average molecular weight is 334 g/mol. The number of aryl methyl sites for hydroxylation is 1. The van der Waals surface area contributed by atoms with E-state index in [1.807, 2.05) is 30.3 Å². The summed E-state index contributed by atoms with van der Waals surface area (Å²) < 4.78 is 7.46. The van der Waals surface area contributed by atoms with Gasteiger partial charge in [-0.05, 0) is 49.7 Å². The zero-order chi connectivity index (χ0) is 17.8. The van der Waals surface area contributed by atoms with E-state index >= 15 is 0 Å². The third kappa shape index (κ3) is 3.43. The molecule has 1 aromatic heterocycles. The lowest BCUT2D eigenvalue weighted by Gasteiger charge is -2.11. The van der Waals surface area contributed by atoms with Crippen LogP contribution in [0, 0.1) is 13.8 Å². The van der Waals surface area contributed by atoms with Gasteiger partial charge in [-0.3, -0.25) is 4.79 Å². The van der Waals surface area contributed by atoms with Gasteiger partial charge in [0.25, 0.3) is 5.91 Å². The van der Waals surface area contributed by atoms with Gasteiger partial charge in [0.15, 0.2) is 0 Å². The molecule has 0 radical (unpaired) electrons. The van der Waals surface area contributed by atoms with Crippen LogP contribution in [0.5, 0.6) is 5.75 Å². The molecule has 1 heterocycles. The van der Waals surface area contributed by atoms with Crippen LogP contribution in [0.4, 0.5) is 0 Å². The number of methoxy groups -OCH3 is 1. The van der Waals surface area contributed by atoms with Crippen LogP contribution in [0.25, 0.3) is 5.69 Å². The Bertz CT molecular complexity index is 882. The van der Waals surface area contributed by atoms with Crippen LogP contribution in [0.3, 0.4) is 0 Å². The van der Waals surface area contributed by atoms with Crippen molar-refractivity contribution in [3.05, 3.63) is 83.2 Å². The topological polar surface area (TPSA) is 43.3 Å². The minimum atomic E-state index is -0.137. The maximum absolute atomic E-state index is 12.5. The second-order valence-electron chi connectivity index (χ2n) is 5.95. The van der Waals surface area contributed by atoms with Gasteiger partial charge in [-0.2, -0.15) is 0 Å². The number of hydrogen-bond donors (Lipinski definition) is 1. The van der Waals surface area contributed by atoms with Crippen molar-refractivity contribution in [2.75, 3.05) is 7.11 Å². The van der Waals surface area contributed by atoms with Gasteiger partial charge < -0.3 is 14.6 Å². The summed E-state index contributed by atoms with van der Waals surface area (Å²) in [6.07, 6.45) is 0. The van der Waals surface area contributed by atoms with Gasteiger partial charge in [0.2, 0.25) is 0 Å². The van der Waals surface area contributed by atoms with Crippen molar-refractivity contribution in [3.8, 4) is 11.4 Å². The monoisotopic (exact) mass is 334 g/mol. The van der Waals surface area contributed by atoms with Gasteiger partial charge >= 0.3 is 0 Å². The Balaban J connectivity index is 1.79. The van der Waals surface area contributed by atoms with Crippen molar-refractivity contribution in [2.45, 2.75) is 20.4 Å². The molecule has 0 unspecified atom stereocenters. The zero-order valence-corrected chi connectivity index (χ0v) is 14.7. The van der Waals surface area contributed by atoms with Crippen LogP contribution >= 0.6 is 0 Å². The molecule has 128 valence electrons. The van der Waals surface area contributed by atoms with Gasteiger partial charge in [-0.25, -0.2) is 0 Å². The Kier molecular flexibility index (Phi) is 4.89. The number of nitrogens with zero attached hydrogens (tertiary/aromatic N) is 1. The molecule has 2 aromatic carbocycles. The lowest BCUT2D eigenvalue weighted by atomic mass is 10.1. The minimum Gasteiger partial charge on any atom is -0.496 e. The molecule has 25 heavy (non-hydrogen) atoms. The molecule has 0 aliphatic carbocycles. The van der Waals surface area contributed by atoms with Gasteiger partial charge in [0.1, 0.15) is 5.75 Å². The molecule has 0 spiro atoms. The summed E-state index contributed by atoms with van der Waals surface area (Å²) in [5, 5.41) is 2.99. The Labute approximate surface area is 148 Å². The lowest BCUT2D eigenvalue weighted by Crippen LogP contribution is -2.23. The van der Waals surface area contributed by atoms with Crippen molar-refractivity contribution in [2.24, 2.45) is 0 Å². The van der Waals surface area contributed by atoms with Crippen molar-refractivity contribution >= 4 is 5.91 Å². The van der Waals surface area contributed by atoms with E-state index in [-0.39, 0.29) is 5.91 Å². The van der Waals surface area contributed by atoms with Crippen LogP contribution in [-0.4, -0.2) is 17.6 Å². The second kappa shape index (κ2) is 7.26. The van der Waals surface area contributed by atoms with E-state index in [0.29, 0.717) is 17.9 Å². The molecule has 0 saturated carbocycles. The Morgan fingerprint density at radius 2 is 1.72 bits per heavy atom. The van der Waals surface area contributed by atoms with E-state index in [1.54, 1.807) is 19.2 Å². The molecule has 0 fully saturated rings. The van der Waals surface area contributed by atoms with Crippen LogP contribution in [-0.2, 0) is 6.54 Å². The van der Waals surface area contributed by atoms with E-state index in [0.717, 1.165) is 22.6 Å². The van der Waals surface area contributed by atoms with Crippen LogP contribution in [0.2, 0.25) is 0 Å². The molecular weight excluding hydrogens is 312 g/mol. The Hall–Kier alpha value is -3.01. The number of ether oxygens (including phenoxy) is 1. The maximum Gasteiger partial charge on any atom is 0.255 e. The highest BCUT2D eigenvalue weighted by molar-refractivity contribution is 5.96. The number of carbonyl (C=O) groups is 1.